The maximum absolute atomic E-state index is 11.5. The van der Waals surface area contributed by atoms with Crippen molar-refractivity contribution in [3.63, 3.8) is 0 Å². The van der Waals surface area contributed by atoms with Crippen LogP contribution in [0.4, 0.5) is 11.4 Å². The number of thioether (sulfide) groups is 1. The van der Waals surface area contributed by atoms with Crippen LogP contribution in [0, 0.1) is 0 Å². The molecule has 1 aromatic carbocycles. The zero-order chi connectivity index (χ0) is 12.3. The van der Waals surface area contributed by atoms with Crippen molar-refractivity contribution in [1.29, 1.82) is 0 Å². The van der Waals surface area contributed by atoms with E-state index in [9.17, 15) is 4.79 Å². The molecule has 1 saturated heterocycles. The quantitative estimate of drug-likeness (QED) is 0.775. The van der Waals surface area contributed by atoms with Gasteiger partial charge >= 0.3 is 0 Å². The highest BCUT2D eigenvalue weighted by Crippen LogP contribution is 2.26. The minimum Gasteiger partial charge on any atom is -0.397 e. The Hall–Kier alpha value is -1.36. The van der Waals surface area contributed by atoms with Crippen molar-refractivity contribution in [2.24, 2.45) is 0 Å². The molecule has 5 heteroatoms. The summed E-state index contributed by atoms with van der Waals surface area (Å²) < 4.78 is 0. The molecule has 1 fully saturated rings. The van der Waals surface area contributed by atoms with Gasteiger partial charge in [-0.2, -0.15) is 11.8 Å². The Morgan fingerprint density at radius 3 is 2.71 bits per heavy atom. The fraction of sp³-hybridized carbons (Fsp3) is 0.417. The maximum atomic E-state index is 11.5. The van der Waals surface area contributed by atoms with Crippen LogP contribution in [0.1, 0.15) is 10.4 Å². The lowest BCUT2D eigenvalue weighted by Gasteiger charge is -2.29. The molecule has 1 amide bonds. The minimum absolute atomic E-state index is 0.0996. The standard InChI is InChI=1S/C12H17N3OS/c1-14-12(16)9-2-3-11(10(13)8-9)15-4-6-17-7-5-15/h2-3,8H,4-7,13H2,1H3,(H,14,16). The average molecular weight is 251 g/mol. The summed E-state index contributed by atoms with van der Waals surface area (Å²) in [7, 11) is 1.62. The third-order valence-corrected chi connectivity index (χ3v) is 3.81. The molecule has 0 radical (unpaired) electrons. The summed E-state index contributed by atoms with van der Waals surface area (Å²) in [4.78, 5) is 13.7. The number of carbonyl (C=O) groups excluding carboxylic acids is 1. The van der Waals surface area contributed by atoms with E-state index in [1.807, 2.05) is 23.9 Å². The van der Waals surface area contributed by atoms with Crippen molar-refractivity contribution in [3.8, 4) is 0 Å². The molecule has 1 aliphatic rings. The number of nitrogens with zero attached hydrogens (tertiary/aromatic N) is 1. The second-order valence-electron chi connectivity index (χ2n) is 3.95. The summed E-state index contributed by atoms with van der Waals surface area (Å²) >= 11 is 1.96. The molecule has 17 heavy (non-hydrogen) atoms. The molecule has 92 valence electrons. The summed E-state index contributed by atoms with van der Waals surface area (Å²) in [5.41, 5.74) is 8.35. The zero-order valence-electron chi connectivity index (χ0n) is 9.90. The predicted octanol–water partition coefficient (Wildman–Crippen LogP) is 1.18. The first-order valence-electron chi connectivity index (χ1n) is 5.66. The highest BCUT2D eigenvalue weighted by Gasteiger charge is 2.14. The zero-order valence-corrected chi connectivity index (χ0v) is 10.7. The van der Waals surface area contributed by atoms with Gasteiger partial charge in [0.1, 0.15) is 0 Å². The Balaban J connectivity index is 2.21. The van der Waals surface area contributed by atoms with Gasteiger partial charge in [-0.15, -0.1) is 0 Å². The monoisotopic (exact) mass is 251 g/mol. The molecule has 1 aromatic rings. The molecule has 4 nitrogen and oxygen atoms in total. The van der Waals surface area contributed by atoms with E-state index in [4.69, 9.17) is 5.73 Å². The van der Waals surface area contributed by atoms with Gasteiger partial charge in [-0.05, 0) is 18.2 Å². The third kappa shape index (κ3) is 2.66. The van der Waals surface area contributed by atoms with Crippen molar-refractivity contribution < 1.29 is 4.79 Å². The van der Waals surface area contributed by atoms with E-state index >= 15 is 0 Å². The van der Waals surface area contributed by atoms with Crippen LogP contribution in [-0.2, 0) is 0 Å². The Bertz CT molecular complexity index is 416. The number of rotatable bonds is 2. The lowest BCUT2D eigenvalue weighted by molar-refractivity contribution is 0.0963. The van der Waals surface area contributed by atoms with E-state index in [2.05, 4.69) is 10.2 Å². The number of nitrogens with two attached hydrogens (primary N) is 1. The second kappa shape index (κ2) is 5.31. The summed E-state index contributed by atoms with van der Waals surface area (Å²) in [6.07, 6.45) is 0. The number of carbonyl (C=O) groups is 1. The number of benzene rings is 1. The SMILES string of the molecule is CNC(=O)c1ccc(N2CCSCC2)c(N)c1. The van der Waals surface area contributed by atoms with E-state index in [1.54, 1.807) is 13.1 Å². The Morgan fingerprint density at radius 1 is 1.41 bits per heavy atom. The van der Waals surface area contributed by atoms with E-state index < -0.39 is 0 Å². The third-order valence-electron chi connectivity index (χ3n) is 2.87. The maximum Gasteiger partial charge on any atom is 0.251 e. The normalized spacial score (nSPS) is 15.7. The molecule has 0 aromatic heterocycles. The van der Waals surface area contributed by atoms with Crippen LogP contribution in [0.25, 0.3) is 0 Å². The molecule has 0 bridgehead atoms. The van der Waals surface area contributed by atoms with Crippen molar-refractivity contribution in [3.05, 3.63) is 23.8 Å². The highest BCUT2D eigenvalue weighted by atomic mass is 32.2. The molecule has 0 aliphatic carbocycles. The predicted molar refractivity (Wildman–Crippen MR) is 73.8 cm³/mol. The van der Waals surface area contributed by atoms with Crippen LogP contribution in [0.2, 0.25) is 0 Å². The van der Waals surface area contributed by atoms with Gasteiger partial charge in [0.2, 0.25) is 0 Å². The molecular weight excluding hydrogens is 234 g/mol. The Labute approximate surface area is 106 Å². The molecule has 0 atom stereocenters. The first-order chi connectivity index (χ1) is 8.22. The molecule has 0 spiro atoms. The molecule has 0 saturated carbocycles. The number of anilines is 2. The van der Waals surface area contributed by atoms with Gasteiger partial charge in [-0.3, -0.25) is 4.79 Å². The summed E-state index contributed by atoms with van der Waals surface area (Å²) in [5, 5.41) is 2.60. The van der Waals surface area contributed by atoms with Crippen LogP contribution in [-0.4, -0.2) is 37.6 Å². The fourth-order valence-electron chi connectivity index (χ4n) is 1.93. The van der Waals surface area contributed by atoms with E-state index in [0.29, 0.717) is 11.3 Å². The van der Waals surface area contributed by atoms with Gasteiger partial charge in [0.05, 0.1) is 11.4 Å². The molecule has 1 heterocycles. The van der Waals surface area contributed by atoms with E-state index in [1.165, 1.54) is 0 Å². The second-order valence-corrected chi connectivity index (χ2v) is 5.18. The van der Waals surface area contributed by atoms with Gasteiger partial charge in [0.15, 0.2) is 0 Å². The van der Waals surface area contributed by atoms with Crippen molar-refractivity contribution in [1.82, 2.24) is 5.32 Å². The number of nitrogens with one attached hydrogen (secondary N) is 1. The topological polar surface area (TPSA) is 58.4 Å². The van der Waals surface area contributed by atoms with Crippen molar-refractivity contribution in [2.45, 2.75) is 0 Å². The van der Waals surface area contributed by atoms with Gasteiger partial charge in [0, 0.05) is 37.2 Å². The minimum atomic E-state index is -0.0996. The van der Waals surface area contributed by atoms with Crippen LogP contribution < -0.4 is 16.0 Å². The van der Waals surface area contributed by atoms with Gasteiger partial charge in [0.25, 0.3) is 5.91 Å². The number of nitrogen functional groups attached to an aromatic ring is 1. The Kier molecular flexibility index (Phi) is 3.78. The van der Waals surface area contributed by atoms with Crippen LogP contribution >= 0.6 is 11.8 Å². The number of amides is 1. The molecular formula is C12H17N3OS. The summed E-state index contributed by atoms with van der Waals surface area (Å²) in [6.45, 7) is 2.04. The average Bonchev–Trinajstić information content (AvgIpc) is 2.38. The van der Waals surface area contributed by atoms with Crippen molar-refractivity contribution >= 4 is 29.0 Å². The van der Waals surface area contributed by atoms with Gasteiger partial charge < -0.3 is 16.0 Å². The summed E-state index contributed by atoms with van der Waals surface area (Å²) in [6, 6.07) is 5.51. The van der Waals surface area contributed by atoms with Crippen LogP contribution in [0.3, 0.4) is 0 Å². The smallest absolute Gasteiger partial charge is 0.251 e. The van der Waals surface area contributed by atoms with Crippen molar-refractivity contribution in [2.75, 3.05) is 42.3 Å². The van der Waals surface area contributed by atoms with Gasteiger partial charge in [-0.1, -0.05) is 0 Å². The molecule has 1 aliphatic heterocycles. The molecule has 2 rings (SSSR count). The first-order valence-corrected chi connectivity index (χ1v) is 6.82. The molecule has 0 unspecified atom stereocenters. The summed E-state index contributed by atoms with van der Waals surface area (Å²) in [5.74, 6) is 2.17. The van der Waals surface area contributed by atoms with E-state index in [0.717, 1.165) is 30.3 Å². The largest absolute Gasteiger partial charge is 0.397 e. The first kappa shape index (κ1) is 12.1. The highest BCUT2D eigenvalue weighted by molar-refractivity contribution is 7.99. The van der Waals surface area contributed by atoms with E-state index in [-0.39, 0.29) is 5.91 Å². The van der Waals surface area contributed by atoms with Crippen LogP contribution in [0.5, 0.6) is 0 Å². The number of hydrogen-bond acceptors (Lipinski definition) is 4. The number of hydrogen-bond donors (Lipinski definition) is 2. The van der Waals surface area contributed by atoms with Crippen LogP contribution in [0.15, 0.2) is 18.2 Å². The lowest BCUT2D eigenvalue weighted by Crippen LogP contribution is -2.33. The Morgan fingerprint density at radius 2 is 2.12 bits per heavy atom. The van der Waals surface area contributed by atoms with Gasteiger partial charge in [-0.25, -0.2) is 0 Å². The fourth-order valence-corrected chi connectivity index (χ4v) is 2.84. The molecule has 3 N–H and O–H groups in total. The lowest BCUT2D eigenvalue weighted by atomic mass is 10.1.